The summed E-state index contributed by atoms with van der Waals surface area (Å²) in [4.78, 5) is 12.2. The third-order valence-corrected chi connectivity index (χ3v) is 3.14. The summed E-state index contributed by atoms with van der Waals surface area (Å²) in [5.41, 5.74) is 4.70. The summed E-state index contributed by atoms with van der Waals surface area (Å²) in [6.07, 6.45) is 0. The fourth-order valence-electron chi connectivity index (χ4n) is 1.74. The van der Waals surface area contributed by atoms with Crippen molar-refractivity contribution in [3.05, 3.63) is 52.3 Å². The smallest absolute Gasteiger partial charge is 0.267 e. The van der Waals surface area contributed by atoms with Crippen molar-refractivity contribution in [3.63, 3.8) is 0 Å². The molecular formula is C14H16N2O. The molecule has 0 amide bonds. The van der Waals surface area contributed by atoms with Gasteiger partial charge in [-0.3, -0.25) is 4.79 Å². The van der Waals surface area contributed by atoms with Gasteiger partial charge in [0.1, 0.15) is 0 Å². The molecule has 0 saturated heterocycles. The van der Waals surface area contributed by atoms with E-state index in [0.717, 1.165) is 22.5 Å². The highest BCUT2D eigenvalue weighted by molar-refractivity contribution is 5.95. The lowest BCUT2D eigenvalue weighted by Gasteiger charge is -2.03. The second-order valence-corrected chi connectivity index (χ2v) is 4.38. The minimum Gasteiger partial charge on any atom is -0.267 e. The van der Waals surface area contributed by atoms with Crippen LogP contribution in [0.15, 0.2) is 24.3 Å². The molecule has 0 N–H and O–H groups in total. The van der Waals surface area contributed by atoms with Crippen molar-refractivity contribution >= 4 is 5.91 Å². The molecule has 0 spiro atoms. The average Bonchev–Trinajstić information content (AvgIpc) is 2.57. The van der Waals surface area contributed by atoms with Gasteiger partial charge in [0.2, 0.25) is 0 Å². The lowest BCUT2D eigenvalue weighted by molar-refractivity contribution is 0.0942. The van der Waals surface area contributed by atoms with Gasteiger partial charge in [0, 0.05) is 11.3 Å². The summed E-state index contributed by atoms with van der Waals surface area (Å²) in [5, 5.41) is 4.28. The van der Waals surface area contributed by atoms with E-state index in [1.165, 1.54) is 4.68 Å². The number of carbonyl (C=O) groups excluding carboxylic acids is 1. The normalized spacial score (nSPS) is 10.6. The highest BCUT2D eigenvalue weighted by atomic mass is 16.2. The number of aromatic nitrogens is 2. The fraction of sp³-hybridized carbons (Fsp3) is 0.286. The average molecular weight is 228 g/mol. The first-order valence-corrected chi connectivity index (χ1v) is 5.65. The Balaban J connectivity index is 2.44. The minimum atomic E-state index is -0.0706. The summed E-state index contributed by atoms with van der Waals surface area (Å²) >= 11 is 0. The van der Waals surface area contributed by atoms with Crippen LogP contribution in [0, 0.1) is 27.7 Å². The zero-order valence-electron chi connectivity index (χ0n) is 10.6. The topological polar surface area (TPSA) is 34.9 Å². The van der Waals surface area contributed by atoms with E-state index in [-0.39, 0.29) is 5.91 Å². The van der Waals surface area contributed by atoms with Crippen LogP contribution in [0.1, 0.15) is 32.9 Å². The first-order chi connectivity index (χ1) is 8.00. The van der Waals surface area contributed by atoms with Gasteiger partial charge in [-0.2, -0.15) is 5.10 Å². The fourth-order valence-corrected chi connectivity index (χ4v) is 1.74. The highest BCUT2D eigenvalue weighted by Gasteiger charge is 2.15. The molecule has 0 unspecified atom stereocenters. The van der Waals surface area contributed by atoms with Crippen LogP contribution < -0.4 is 0 Å². The maximum Gasteiger partial charge on any atom is 0.278 e. The van der Waals surface area contributed by atoms with Crippen LogP contribution in [0.4, 0.5) is 0 Å². The van der Waals surface area contributed by atoms with Gasteiger partial charge in [-0.15, -0.1) is 0 Å². The molecule has 1 aromatic heterocycles. The number of hydrogen-bond acceptors (Lipinski definition) is 2. The Labute approximate surface area is 101 Å². The quantitative estimate of drug-likeness (QED) is 0.752. The molecule has 0 bridgehead atoms. The van der Waals surface area contributed by atoms with Crippen LogP contribution in [0.5, 0.6) is 0 Å². The maximum atomic E-state index is 12.2. The molecule has 2 rings (SSSR count). The molecule has 0 saturated carbocycles. The van der Waals surface area contributed by atoms with Crippen LogP contribution in [0.2, 0.25) is 0 Å². The van der Waals surface area contributed by atoms with Crippen molar-refractivity contribution in [2.45, 2.75) is 27.7 Å². The summed E-state index contributed by atoms with van der Waals surface area (Å²) < 4.78 is 1.48. The number of nitrogens with zero attached hydrogens (tertiary/aromatic N) is 2. The van der Waals surface area contributed by atoms with Gasteiger partial charge in [0.25, 0.3) is 5.91 Å². The predicted octanol–water partition coefficient (Wildman–Crippen LogP) is 2.81. The zero-order valence-corrected chi connectivity index (χ0v) is 10.6. The van der Waals surface area contributed by atoms with Gasteiger partial charge in [-0.05, 0) is 45.4 Å². The number of carbonyl (C=O) groups is 1. The molecule has 1 aromatic carbocycles. The first-order valence-electron chi connectivity index (χ1n) is 5.65. The molecule has 1 heterocycles. The lowest BCUT2D eigenvalue weighted by Crippen LogP contribution is -2.15. The van der Waals surface area contributed by atoms with Crippen molar-refractivity contribution in [2.75, 3.05) is 0 Å². The van der Waals surface area contributed by atoms with Gasteiger partial charge >= 0.3 is 0 Å². The van der Waals surface area contributed by atoms with Crippen LogP contribution in [-0.4, -0.2) is 15.7 Å². The molecule has 3 nitrogen and oxygen atoms in total. The number of rotatable bonds is 1. The van der Waals surface area contributed by atoms with E-state index < -0.39 is 0 Å². The Kier molecular flexibility index (Phi) is 2.84. The Morgan fingerprint density at radius 2 is 1.65 bits per heavy atom. The highest BCUT2D eigenvalue weighted by Crippen LogP contribution is 2.13. The SMILES string of the molecule is Cc1ccc(C(=O)n2nc(C)c(C)c2C)cc1. The van der Waals surface area contributed by atoms with E-state index in [9.17, 15) is 4.79 Å². The second-order valence-electron chi connectivity index (χ2n) is 4.38. The molecular weight excluding hydrogens is 212 g/mol. The monoisotopic (exact) mass is 228 g/mol. The van der Waals surface area contributed by atoms with Crippen molar-refractivity contribution in [1.29, 1.82) is 0 Å². The lowest BCUT2D eigenvalue weighted by atomic mass is 10.1. The van der Waals surface area contributed by atoms with Crippen LogP contribution in [-0.2, 0) is 0 Å². The number of hydrogen-bond donors (Lipinski definition) is 0. The molecule has 0 aliphatic rings. The predicted molar refractivity (Wildman–Crippen MR) is 67.3 cm³/mol. The van der Waals surface area contributed by atoms with Gasteiger partial charge < -0.3 is 0 Å². The maximum absolute atomic E-state index is 12.2. The molecule has 88 valence electrons. The van der Waals surface area contributed by atoms with Crippen molar-refractivity contribution in [2.24, 2.45) is 0 Å². The summed E-state index contributed by atoms with van der Waals surface area (Å²) in [5.74, 6) is -0.0706. The largest absolute Gasteiger partial charge is 0.278 e. The van der Waals surface area contributed by atoms with E-state index >= 15 is 0 Å². The summed E-state index contributed by atoms with van der Waals surface area (Å²) in [7, 11) is 0. The summed E-state index contributed by atoms with van der Waals surface area (Å²) in [6, 6.07) is 7.55. The molecule has 0 atom stereocenters. The number of benzene rings is 1. The van der Waals surface area contributed by atoms with E-state index in [0.29, 0.717) is 5.56 Å². The van der Waals surface area contributed by atoms with Crippen molar-refractivity contribution in [3.8, 4) is 0 Å². The van der Waals surface area contributed by atoms with Crippen molar-refractivity contribution in [1.82, 2.24) is 9.78 Å². The van der Waals surface area contributed by atoms with E-state index in [2.05, 4.69) is 5.10 Å². The summed E-state index contributed by atoms with van der Waals surface area (Å²) in [6.45, 7) is 7.82. The minimum absolute atomic E-state index is 0.0706. The Bertz CT molecular complexity index is 565. The molecule has 0 radical (unpaired) electrons. The number of aryl methyl sites for hydroxylation is 2. The molecule has 2 aromatic rings. The van der Waals surface area contributed by atoms with E-state index in [1.807, 2.05) is 52.0 Å². The standard InChI is InChI=1S/C14H16N2O/c1-9-5-7-13(8-6-9)14(17)16-12(4)10(2)11(3)15-16/h5-8H,1-4H3. The third-order valence-electron chi connectivity index (χ3n) is 3.14. The zero-order chi connectivity index (χ0) is 12.6. The molecule has 0 aliphatic carbocycles. The molecule has 0 aliphatic heterocycles. The van der Waals surface area contributed by atoms with E-state index in [1.54, 1.807) is 0 Å². The van der Waals surface area contributed by atoms with Crippen LogP contribution in [0.25, 0.3) is 0 Å². The van der Waals surface area contributed by atoms with E-state index in [4.69, 9.17) is 0 Å². The van der Waals surface area contributed by atoms with Gasteiger partial charge in [0.05, 0.1) is 5.69 Å². The Morgan fingerprint density at radius 3 is 2.12 bits per heavy atom. The van der Waals surface area contributed by atoms with Crippen LogP contribution >= 0.6 is 0 Å². The Morgan fingerprint density at radius 1 is 1.06 bits per heavy atom. The molecule has 17 heavy (non-hydrogen) atoms. The molecule has 3 heteroatoms. The van der Waals surface area contributed by atoms with Crippen molar-refractivity contribution < 1.29 is 4.79 Å². The van der Waals surface area contributed by atoms with Gasteiger partial charge in [-0.25, -0.2) is 4.68 Å². The third kappa shape index (κ3) is 2.00. The van der Waals surface area contributed by atoms with Gasteiger partial charge in [0.15, 0.2) is 0 Å². The van der Waals surface area contributed by atoms with Gasteiger partial charge in [-0.1, -0.05) is 17.7 Å². The first kappa shape index (κ1) is 11.6. The molecule has 0 fully saturated rings. The Hall–Kier alpha value is -1.90. The van der Waals surface area contributed by atoms with Crippen LogP contribution in [0.3, 0.4) is 0 Å². The second kappa shape index (κ2) is 4.17.